The second-order valence-corrected chi connectivity index (χ2v) is 6.62. The Kier molecular flexibility index (Phi) is 6.96. The zero-order valence-electron chi connectivity index (χ0n) is 13.4. The number of hydrogen-bond acceptors (Lipinski definition) is 6. The van der Waals surface area contributed by atoms with Crippen LogP contribution in [0.15, 0.2) is 24.3 Å². The molecule has 2 heterocycles. The molecule has 0 aliphatic carbocycles. The molecule has 1 aromatic carbocycles. The van der Waals surface area contributed by atoms with Gasteiger partial charge in [0.05, 0.1) is 13.0 Å². The lowest BCUT2D eigenvalue weighted by molar-refractivity contribution is -0.120. The van der Waals surface area contributed by atoms with E-state index >= 15 is 0 Å². The predicted octanol–water partition coefficient (Wildman–Crippen LogP) is 2.50. The van der Waals surface area contributed by atoms with Crippen LogP contribution in [0.2, 0.25) is 0 Å². The number of ether oxygens (including phenoxy) is 1. The number of carbonyl (C=O) groups excluding carboxylic acids is 1. The fourth-order valence-electron chi connectivity index (χ4n) is 2.62. The van der Waals surface area contributed by atoms with Crippen LogP contribution in [0.5, 0.6) is 5.75 Å². The van der Waals surface area contributed by atoms with Crippen LogP contribution in [0.25, 0.3) is 0 Å². The Morgan fingerprint density at radius 3 is 3.08 bits per heavy atom. The number of nitrogens with one attached hydrogen (secondary N) is 2. The normalized spacial score (nSPS) is 17.0. The molecular formula is C16H21ClN4O2S. The number of methoxy groups -OCH3 is 1. The van der Waals surface area contributed by atoms with Crippen molar-refractivity contribution in [3.63, 3.8) is 0 Å². The Hall–Kier alpha value is -1.70. The van der Waals surface area contributed by atoms with E-state index in [1.54, 1.807) is 7.11 Å². The Balaban J connectivity index is 0.00000208. The van der Waals surface area contributed by atoms with Gasteiger partial charge in [-0.05, 0) is 37.1 Å². The van der Waals surface area contributed by atoms with E-state index in [0.29, 0.717) is 11.6 Å². The highest BCUT2D eigenvalue weighted by Gasteiger charge is 2.21. The summed E-state index contributed by atoms with van der Waals surface area (Å²) in [6.07, 6.45) is 2.64. The fraction of sp³-hybridized carbons (Fsp3) is 0.438. The van der Waals surface area contributed by atoms with E-state index in [-0.39, 0.29) is 24.2 Å². The molecule has 2 N–H and O–H groups in total. The van der Waals surface area contributed by atoms with Crippen molar-refractivity contribution in [2.75, 3.05) is 25.5 Å². The van der Waals surface area contributed by atoms with Crippen LogP contribution in [0.1, 0.15) is 23.4 Å². The number of anilines is 1. The van der Waals surface area contributed by atoms with Crippen LogP contribution in [0, 0.1) is 5.92 Å². The Bertz CT molecular complexity index is 674. The van der Waals surface area contributed by atoms with E-state index in [4.69, 9.17) is 4.74 Å². The average Bonchev–Trinajstić information content (AvgIpc) is 3.02. The monoisotopic (exact) mass is 368 g/mol. The summed E-state index contributed by atoms with van der Waals surface area (Å²) in [6.45, 7) is 1.73. The minimum Gasteiger partial charge on any atom is -0.497 e. The number of carbonyl (C=O) groups is 1. The quantitative estimate of drug-likeness (QED) is 0.848. The highest BCUT2D eigenvalue weighted by Crippen LogP contribution is 2.22. The molecule has 1 unspecified atom stereocenters. The summed E-state index contributed by atoms with van der Waals surface area (Å²) in [6, 6.07) is 7.87. The van der Waals surface area contributed by atoms with Crippen molar-refractivity contribution in [1.29, 1.82) is 0 Å². The zero-order chi connectivity index (χ0) is 16.1. The van der Waals surface area contributed by atoms with Gasteiger partial charge in [0, 0.05) is 13.0 Å². The first-order chi connectivity index (χ1) is 11.2. The van der Waals surface area contributed by atoms with Crippen molar-refractivity contribution in [2.45, 2.75) is 19.3 Å². The number of aromatic nitrogens is 2. The van der Waals surface area contributed by atoms with E-state index in [1.807, 2.05) is 24.3 Å². The molecule has 0 bridgehead atoms. The molecule has 0 saturated carbocycles. The van der Waals surface area contributed by atoms with Gasteiger partial charge in [0.1, 0.15) is 10.8 Å². The van der Waals surface area contributed by atoms with Crippen LogP contribution in [0.3, 0.4) is 0 Å². The summed E-state index contributed by atoms with van der Waals surface area (Å²) in [5.74, 6) is 0.876. The van der Waals surface area contributed by atoms with Crippen molar-refractivity contribution >= 4 is 34.8 Å². The van der Waals surface area contributed by atoms with Gasteiger partial charge in [-0.3, -0.25) is 4.79 Å². The van der Waals surface area contributed by atoms with Crippen molar-refractivity contribution in [3.05, 3.63) is 34.8 Å². The van der Waals surface area contributed by atoms with Crippen molar-refractivity contribution in [1.82, 2.24) is 15.5 Å². The molecular weight excluding hydrogens is 348 g/mol. The van der Waals surface area contributed by atoms with Crippen molar-refractivity contribution in [3.8, 4) is 5.75 Å². The topological polar surface area (TPSA) is 76.1 Å². The van der Waals surface area contributed by atoms with Gasteiger partial charge < -0.3 is 15.4 Å². The van der Waals surface area contributed by atoms with E-state index in [0.717, 1.165) is 42.3 Å². The molecule has 8 heteroatoms. The molecule has 1 amide bonds. The van der Waals surface area contributed by atoms with Crippen molar-refractivity contribution in [2.24, 2.45) is 5.92 Å². The molecule has 1 atom stereocenters. The number of amides is 1. The Morgan fingerprint density at radius 1 is 1.46 bits per heavy atom. The number of piperidine rings is 1. The van der Waals surface area contributed by atoms with Crippen LogP contribution in [0.4, 0.5) is 5.13 Å². The summed E-state index contributed by atoms with van der Waals surface area (Å²) in [5, 5.41) is 15.8. The number of benzene rings is 1. The van der Waals surface area contributed by atoms with E-state index in [9.17, 15) is 4.79 Å². The molecule has 0 spiro atoms. The first-order valence-electron chi connectivity index (χ1n) is 7.71. The number of nitrogens with zero attached hydrogens (tertiary/aromatic N) is 2. The Labute approximate surface area is 151 Å². The third-order valence-corrected chi connectivity index (χ3v) is 4.69. The smallest absolute Gasteiger partial charge is 0.230 e. The molecule has 0 radical (unpaired) electrons. The second-order valence-electron chi connectivity index (χ2n) is 5.56. The van der Waals surface area contributed by atoms with E-state index in [2.05, 4.69) is 20.8 Å². The maximum atomic E-state index is 12.2. The SMILES string of the molecule is COc1cccc(Cc2nnc(NC(=O)C3CCCNC3)s2)c1.Cl. The summed E-state index contributed by atoms with van der Waals surface area (Å²) in [5.41, 5.74) is 1.11. The molecule has 1 aromatic heterocycles. The molecule has 24 heavy (non-hydrogen) atoms. The molecule has 1 fully saturated rings. The highest BCUT2D eigenvalue weighted by atomic mass is 35.5. The maximum Gasteiger partial charge on any atom is 0.230 e. The lowest BCUT2D eigenvalue weighted by Gasteiger charge is -2.21. The Morgan fingerprint density at radius 2 is 2.33 bits per heavy atom. The number of halogens is 1. The molecule has 3 rings (SSSR count). The minimum absolute atomic E-state index is 0. The first-order valence-corrected chi connectivity index (χ1v) is 8.53. The van der Waals surface area contributed by atoms with Crippen molar-refractivity contribution < 1.29 is 9.53 Å². The predicted molar refractivity (Wildman–Crippen MR) is 97.2 cm³/mol. The van der Waals surface area contributed by atoms with Gasteiger partial charge >= 0.3 is 0 Å². The minimum atomic E-state index is 0. The highest BCUT2D eigenvalue weighted by molar-refractivity contribution is 7.15. The van der Waals surface area contributed by atoms with Gasteiger partial charge in [-0.15, -0.1) is 22.6 Å². The molecule has 2 aromatic rings. The summed E-state index contributed by atoms with van der Waals surface area (Å²) < 4.78 is 5.22. The lowest BCUT2D eigenvalue weighted by atomic mass is 9.99. The number of rotatable bonds is 5. The third kappa shape index (κ3) is 4.90. The molecule has 130 valence electrons. The summed E-state index contributed by atoms with van der Waals surface area (Å²) in [7, 11) is 1.65. The van der Waals surface area contributed by atoms with Gasteiger partial charge in [-0.2, -0.15) is 0 Å². The zero-order valence-corrected chi connectivity index (χ0v) is 15.1. The summed E-state index contributed by atoms with van der Waals surface area (Å²) >= 11 is 1.42. The standard InChI is InChI=1S/C16H20N4O2S.ClH/c1-22-13-6-2-4-11(8-13)9-14-19-20-16(23-14)18-15(21)12-5-3-7-17-10-12;/h2,4,6,8,12,17H,3,5,7,9-10H2,1H3,(H,18,20,21);1H. The maximum absolute atomic E-state index is 12.2. The van der Waals surface area contributed by atoms with E-state index in [1.165, 1.54) is 11.3 Å². The van der Waals surface area contributed by atoms with E-state index < -0.39 is 0 Å². The third-order valence-electron chi connectivity index (χ3n) is 3.85. The fourth-order valence-corrected chi connectivity index (χ4v) is 3.39. The second kappa shape index (κ2) is 8.96. The average molecular weight is 369 g/mol. The molecule has 1 saturated heterocycles. The van der Waals surface area contributed by atoms with Gasteiger partial charge in [-0.1, -0.05) is 23.5 Å². The molecule has 6 nitrogen and oxygen atoms in total. The van der Waals surface area contributed by atoms with Crippen LogP contribution in [-0.4, -0.2) is 36.3 Å². The van der Waals surface area contributed by atoms with Gasteiger partial charge in [0.25, 0.3) is 0 Å². The van der Waals surface area contributed by atoms with Crippen LogP contribution < -0.4 is 15.4 Å². The largest absolute Gasteiger partial charge is 0.497 e. The summed E-state index contributed by atoms with van der Waals surface area (Å²) in [4.78, 5) is 12.2. The van der Waals surface area contributed by atoms with Crippen LogP contribution in [-0.2, 0) is 11.2 Å². The molecule has 1 aliphatic rings. The van der Waals surface area contributed by atoms with Crippen LogP contribution >= 0.6 is 23.7 Å². The lowest BCUT2D eigenvalue weighted by Crippen LogP contribution is -2.37. The molecule has 1 aliphatic heterocycles. The van der Waals surface area contributed by atoms with Gasteiger partial charge in [0.15, 0.2) is 0 Å². The van der Waals surface area contributed by atoms with Gasteiger partial charge in [0.2, 0.25) is 11.0 Å². The number of hydrogen-bond donors (Lipinski definition) is 2. The van der Waals surface area contributed by atoms with Gasteiger partial charge in [-0.25, -0.2) is 0 Å². The first kappa shape index (κ1) is 18.6.